The van der Waals surface area contributed by atoms with E-state index in [0.29, 0.717) is 0 Å². The van der Waals surface area contributed by atoms with Gasteiger partial charge < -0.3 is 4.74 Å². The van der Waals surface area contributed by atoms with E-state index in [9.17, 15) is 10.1 Å². The number of hydrogen-bond donors (Lipinski definition) is 0. The monoisotopic (exact) mass is 439 g/mol. The average Bonchev–Trinajstić information content (AvgIpc) is 3.29. The van der Waals surface area contributed by atoms with Crippen LogP contribution in [0.2, 0.25) is 0 Å². The highest BCUT2D eigenvalue weighted by Crippen LogP contribution is 2.31. The van der Waals surface area contributed by atoms with Crippen molar-refractivity contribution >= 4 is 17.0 Å². The van der Waals surface area contributed by atoms with Crippen LogP contribution in [0.5, 0.6) is 5.75 Å². The van der Waals surface area contributed by atoms with E-state index < -0.39 is 4.92 Å². The maximum absolute atomic E-state index is 10.8. The zero-order valence-electron chi connectivity index (χ0n) is 18.0. The van der Waals surface area contributed by atoms with E-state index in [1.165, 1.54) is 68.4 Å². The zero-order chi connectivity index (χ0) is 21.9. The highest BCUT2D eigenvalue weighted by molar-refractivity contribution is 7.17. The number of unbranched alkanes of at least 4 members (excludes halogenated alkanes) is 7. The molecule has 0 N–H and O–H groups in total. The van der Waals surface area contributed by atoms with E-state index in [1.807, 2.05) is 24.3 Å². The quantitative estimate of drug-likeness (QED) is 0.159. The Bertz CT molecular complexity index is 939. The fourth-order valence-electron chi connectivity index (χ4n) is 3.30. The lowest BCUT2D eigenvalue weighted by molar-refractivity contribution is -0.384. The molecule has 0 unspecified atom stereocenters. The Morgan fingerprint density at radius 3 is 1.87 bits per heavy atom. The lowest BCUT2D eigenvalue weighted by atomic mass is 10.1. The largest absolute Gasteiger partial charge is 0.494 e. The van der Waals surface area contributed by atoms with Gasteiger partial charge >= 0.3 is 0 Å². The first kappa shape index (κ1) is 22.9. The molecular weight excluding hydrogens is 410 g/mol. The molecule has 0 aliphatic heterocycles. The van der Waals surface area contributed by atoms with E-state index >= 15 is 0 Å². The summed E-state index contributed by atoms with van der Waals surface area (Å²) in [5.41, 5.74) is 1.86. The van der Waals surface area contributed by atoms with Crippen LogP contribution in [0, 0.1) is 10.1 Å². The van der Waals surface area contributed by atoms with Gasteiger partial charge in [0, 0.05) is 23.3 Å². The molecule has 0 bridgehead atoms. The lowest BCUT2D eigenvalue weighted by Gasteiger charge is -2.06. The molecule has 0 saturated carbocycles. The van der Waals surface area contributed by atoms with Gasteiger partial charge in [-0.1, -0.05) is 63.2 Å². The standard InChI is InChI=1S/C24H29N3O3S/c1-2-3-4-5-6-7-8-9-18-30-22-16-12-20(13-17-22)24-26-25-23(31-24)19-10-14-21(15-11-19)27(28)29/h10-17H,2-9,18H2,1H3. The normalized spacial score (nSPS) is 10.9. The number of ether oxygens (including phenoxy) is 1. The van der Waals surface area contributed by atoms with Crippen molar-refractivity contribution < 1.29 is 9.66 Å². The Hall–Kier alpha value is -2.80. The van der Waals surface area contributed by atoms with Gasteiger partial charge in [-0.3, -0.25) is 10.1 Å². The van der Waals surface area contributed by atoms with Crippen LogP contribution in [0.15, 0.2) is 48.5 Å². The highest BCUT2D eigenvalue weighted by Gasteiger charge is 2.11. The van der Waals surface area contributed by atoms with Crippen molar-refractivity contribution in [1.82, 2.24) is 10.2 Å². The molecule has 1 heterocycles. The highest BCUT2D eigenvalue weighted by atomic mass is 32.1. The fourth-order valence-corrected chi connectivity index (χ4v) is 4.16. The van der Waals surface area contributed by atoms with Crippen LogP contribution in [0.3, 0.4) is 0 Å². The Labute approximate surface area is 187 Å². The van der Waals surface area contributed by atoms with E-state index in [2.05, 4.69) is 17.1 Å². The van der Waals surface area contributed by atoms with Crippen LogP contribution in [-0.4, -0.2) is 21.7 Å². The van der Waals surface area contributed by atoms with Crippen molar-refractivity contribution in [2.75, 3.05) is 6.61 Å². The van der Waals surface area contributed by atoms with Gasteiger partial charge in [-0.15, -0.1) is 10.2 Å². The molecule has 0 saturated heterocycles. The fraction of sp³-hybridized carbons (Fsp3) is 0.417. The number of nitrogens with zero attached hydrogens (tertiary/aromatic N) is 3. The summed E-state index contributed by atoms with van der Waals surface area (Å²) in [7, 11) is 0. The molecule has 0 fully saturated rings. The van der Waals surface area contributed by atoms with Crippen LogP contribution in [-0.2, 0) is 0 Å². The van der Waals surface area contributed by atoms with Gasteiger partial charge in [0.2, 0.25) is 0 Å². The van der Waals surface area contributed by atoms with Crippen molar-refractivity contribution in [2.45, 2.75) is 58.3 Å². The first-order valence-corrected chi connectivity index (χ1v) is 11.8. The minimum absolute atomic E-state index is 0.0658. The van der Waals surface area contributed by atoms with Crippen molar-refractivity contribution in [3.63, 3.8) is 0 Å². The average molecular weight is 440 g/mol. The van der Waals surface area contributed by atoms with E-state index in [1.54, 1.807) is 12.1 Å². The molecule has 0 spiro atoms. The molecule has 0 aliphatic rings. The Morgan fingerprint density at radius 2 is 1.32 bits per heavy atom. The van der Waals surface area contributed by atoms with Crippen molar-refractivity contribution in [3.8, 4) is 26.9 Å². The van der Waals surface area contributed by atoms with Crippen LogP contribution in [0.25, 0.3) is 21.1 Å². The number of nitro groups is 1. The number of hydrogen-bond acceptors (Lipinski definition) is 6. The summed E-state index contributed by atoms with van der Waals surface area (Å²) in [6.45, 7) is 2.99. The third-order valence-corrected chi connectivity index (χ3v) is 6.14. The maximum atomic E-state index is 10.8. The molecule has 0 atom stereocenters. The van der Waals surface area contributed by atoms with Crippen LogP contribution in [0.1, 0.15) is 58.3 Å². The predicted octanol–water partition coefficient (Wildman–Crippen LogP) is 7.30. The molecule has 3 rings (SSSR count). The number of non-ortho nitro benzene ring substituents is 1. The van der Waals surface area contributed by atoms with Gasteiger partial charge in [-0.2, -0.15) is 0 Å². The van der Waals surface area contributed by atoms with Gasteiger partial charge in [-0.25, -0.2) is 0 Å². The Kier molecular flexibility index (Phi) is 8.97. The molecular formula is C24H29N3O3S. The molecule has 31 heavy (non-hydrogen) atoms. The molecule has 6 nitrogen and oxygen atoms in total. The second-order valence-electron chi connectivity index (χ2n) is 7.56. The van der Waals surface area contributed by atoms with Gasteiger partial charge in [0.25, 0.3) is 5.69 Å². The van der Waals surface area contributed by atoms with Gasteiger partial charge in [-0.05, 0) is 42.8 Å². The summed E-state index contributed by atoms with van der Waals surface area (Å²) in [5, 5.41) is 20.8. The minimum atomic E-state index is -0.409. The minimum Gasteiger partial charge on any atom is -0.494 e. The topological polar surface area (TPSA) is 78.2 Å². The zero-order valence-corrected chi connectivity index (χ0v) is 18.8. The summed E-state index contributed by atoms with van der Waals surface area (Å²) in [6, 6.07) is 14.3. The first-order chi connectivity index (χ1) is 15.2. The first-order valence-electron chi connectivity index (χ1n) is 11.0. The van der Waals surface area contributed by atoms with Crippen molar-refractivity contribution in [1.29, 1.82) is 0 Å². The van der Waals surface area contributed by atoms with Gasteiger partial charge in [0.15, 0.2) is 0 Å². The number of rotatable bonds is 13. The molecule has 0 aliphatic carbocycles. The molecule has 7 heteroatoms. The number of benzene rings is 2. The van der Waals surface area contributed by atoms with Gasteiger partial charge in [0.1, 0.15) is 15.8 Å². The van der Waals surface area contributed by atoms with Crippen molar-refractivity contribution in [2.24, 2.45) is 0 Å². The maximum Gasteiger partial charge on any atom is 0.269 e. The predicted molar refractivity (Wildman–Crippen MR) is 126 cm³/mol. The second-order valence-corrected chi connectivity index (χ2v) is 8.54. The molecule has 164 valence electrons. The number of nitro benzene ring substituents is 1. The third-order valence-electron chi connectivity index (χ3n) is 5.12. The second kappa shape index (κ2) is 12.2. The summed E-state index contributed by atoms with van der Waals surface area (Å²) in [4.78, 5) is 10.4. The molecule has 2 aromatic carbocycles. The smallest absolute Gasteiger partial charge is 0.269 e. The van der Waals surface area contributed by atoms with Crippen LogP contribution >= 0.6 is 11.3 Å². The van der Waals surface area contributed by atoms with Crippen molar-refractivity contribution in [3.05, 3.63) is 58.6 Å². The van der Waals surface area contributed by atoms with Gasteiger partial charge in [0.05, 0.1) is 11.5 Å². The van der Waals surface area contributed by atoms with Crippen LogP contribution < -0.4 is 4.74 Å². The summed E-state index contributed by atoms with van der Waals surface area (Å²) in [5.74, 6) is 0.867. The van der Waals surface area contributed by atoms with E-state index in [-0.39, 0.29) is 5.69 Å². The third kappa shape index (κ3) is 7.14. The summed E-state index contributed by atoms with van der Waals surface area (Å²) >= 11 is 1.46. The number of aromatic nitrogens is 2. The Balaban J connectivity index is 1.44. The molecule has 0 radical (unpaired) electrons. The van der Waals surface area contributed by atoms with E-state index in [4.69, 9.17) is 4.74 Å². The molecule has 3 aromatic rings. The van der Waals surface area contributed by atoms with E-state index in [0.717, 1.165) is 39.9 Å². The molecule has 1 aromatic heterocycles. The SMILES string of the molecule is CCCCCCCCCCOc1ccc(-c2nnc(-c3ccc([N+](=O)[O-])cc3)s2)cc1. The summed E-state index contributed by atoms with van der Waals surface area (Å²) in [6.07, 6.45) is 10.3. The van der Waals surface area contributed by atoms with Crippen LogP contribution in [0.4, 0.5) is 5.69 Å². The molecule has 0 amide bonds. The Morgan fingerprint density at radius 1 is 0.806 bits per heavy atom. The lowest BCUT2D eigenvalue weighted by Crippen LogP contribution is -1.97. The summed E-state index contributed by atoms with van der Waals surface area (Å²) < 4.78 is 5.86.